The molecule has 29 heavy (non-hydrogen) atoms. The van der Waals surface area contributed by atoms with Gasteiger partial charge in [0.05, 0.1) is 7.11 Å². The van der Waals surface area contributed by atoms with Crippen LogP contribution in [0.25, 0.3) is 11.1 Å². The number of hydrogen-bond donors (Lipinski definition) is 1. The van der Waals surface area contributed by atoms with Gasteiger partial charge in [0.1, 0.15) is 5.75 Å². The molecule has 5 nitrogen and oxygen atoms in total. The quantitative estimate of drug-likeness (QED) is 0.779. The number of carbonyl (C=O) groups is 1. The van der Waals surface area contributed by atoms with Crippen molar-refractivity contribution in [2.24, 2.45) is 0 Å². The third-order valence-electron chi connectivity index (χ3n) is 5.90. The van der Waals surface area contributed by atoms with Crippen LogP contribution in [0.5, 0.6) is 5.75 Å². The first kappa shape index (κ1) is 21.3. The molecule has 1 aliphatic heterocycles. The van der Waals surface area contributed by atoms with Crippen molar-refractivity contribution in [3.63, 3.8) is 0 Å². The Hall–Kier alpha value is -2.37. The number of ether oxygens (including phenoxy) is 1. The van der Waals surface area contributed by atoms with E-state index in [2.05, 4.69) is 35.9 Å². The number of nitrogens with zero attached hydrogens (tertiary/aromatic N) is 2. The lowest BCUT2D eigenvalue weighted by atomic mass is 10.00. The number of benzene rings is 2. The third-order valence-corrected chi connectivity index (χ3v) is 5.90. The second-order valence-electron chi connectivity index (χ2n) is 8.20. The van der Waals surface area contributed by atoms with Crippen LogP contribution in [0, 0.1) is 0 Å². The Morgan fingerprint density at radius 3 is 2.38 bits per heavy atom. The van der Waals surface area contributed by atoms with E-state index in [4.69, 9.17) is 4.74 Å². The van der Waals surface area contributed by atoms with Gasteiger partial charge in [-0.25, -0.2) is 0 Å². The van der Waals surface area contributed by atoms with Gasteiger partial charge in [-0.2, -0.15) is 0 Å². The van der Waals surface area contributed by atoms with Crippen LogP contribution in [0.4, 0.5) is 0 Å². The first-order valence-corrected chi connectivity index (χ1v) is 10.4. The first-order chi connectivity index (χ1) is 13.9. The summed E-state index contributed by atoms with van der Waals surface area (Å²) in [6.07, 6.45) is 0. The highest BCUT2D eigenvalue weighted by atomic mass is 16.5. The van der Waals surface area contributed by atoms with Crippen LogP contribution >= 0.6 is 0 Å². The second-order valence-corrected chi connectivity index (χ2v) is 8.20. The normalized spacial score (nSPS) is 15.9. The van der Waals surface area contributed by atoms with Crippen LogP contribution in [0.1, 0.15) is 31.1 Å². The molecule has 0 atom stereocenters. The number of rotatable bonds is 7. The molecule has 0 unspecified atom stereocenters. The summed E-state index contributed by atoms with van der Waals surface area (Å²) in [6.45, 7) is 12.6. The Kier molecular flexibility index (Phi) is 6.93. The van der Waals surface area contributed by atoms with E-state index in [1.165, 1.54) is 0 Å². The van der Waals surface area contributed by atoms with Crippen LogP contribution in [-0.4, -0.2) is 67.6 Å². The number of piperazine rings is 1. The average Bonchev–Trinajstić information content (AvgIpc) is 2.77. The Morgan fingerprint density at radius 1 is 1.07 bits per heavy atom. The number of likely N-dealkylation sites (N-methyl/N-ethyl adjacent to an activating group) is 1. The zero-order chi connectivity index (χ0) is 20.9. The van der Waals surface area contributed by atoms with Gasteiger partial charge in [-0.1, -0.05) is 37.3 Å². The zero-order valence-corrected chi connectivity index (χ0v) is 18.1. The van der Waals surface area contributed by atoms with Gasteiger partial charge in [0.2, 0.25) is 0 Å². The topological polar surface area (TPSA) is 44.8 Å². The SMILES string of the molecule is CCN1CCN(C(C)(C)CNC(=O)c2ccc(OC)c(-c3ccccc3)c2)CC1. The predicted octanol–water partition coefficient (Wildman–Crippen LogP) is 3.51. The molecule has 0 spiro atoms. The van der Waals surface area contributed by atoms with E-state index in [0.29, 0.717) is 12.1 Å². The second kappa shape index (κ2) is 9.42. The van der Waals surface area contributed by atoms with E-state index in [0.717, 1.165) is 49.6 Å². The monoisotopic (exact) mass is 395 g/mol. The molecule has 2 aromatic carbocycles. The van der Waals surface area contributed by atoms with Crippen LogP contribution in [-0.2, 0) is 0 Å². The number of hydrogen-bond acceptors (Lipinski definition) is 4. The molecule has 156 valence electrons. The molecule has 2 aromatic rings. The van der Waals surface area contributed by atoms with E-state index in [9.17, 15) is 4.79 Å². The van der Waals surface area contributed by atoms with Gasteiger partial charge in [0.25, 0.3) is 5.91 Å². The molecule has 0 aromatic heterocycles. The van der Waals surface area contributed by atoms with E-state index >= 15 is 0 Å². The maximum Gasteiger partial charge on any atom is 0.251 e. The molecule has 0 radical (unpaired) electrons. The summed E-state index contributed by atoms with van der Waals surface area (Å²) in [4.78, 5) is 17.8. The molecule has 1 saturated heterocycles. The van der Waals surface area contributed by atoms with Crippen molar-refractivity contribution in [1.29, 1.82) is 0 Å². The standard InChI is InChI=1S/C24H33N3O2/c1-5-26-13-15-27(16-14-26)24(2,3)18-25-23(28)20-11-12-22(29-4)21(17-20)19-9-7-6-8-10-19/h6-12,17H,5,13-16,18H2,1-4H3,(H,25,28). The highest BCUT2D eigenvalue weighted by molar-refractivity contribution is 5.96. The van der Waals surface area contributed by atoms with Gasteiger partial charge in [-0.3, -0.25) is 9.69 Å². The lowest BCUT2D eigenvalue weighted by Crippen LogP contribution is -2.58. The average molecular weight is 396 g/mol. The Balaban J connectivity index is 1.68. The van der Waals surface area contributed by atoms with Crippen molar-refractivity contribution < 1.29 is 9.53 Å². The molecule has 0 bridgehead atoms. The van der Waals surface area contributed by atoms with E-state index < -0.39 is 0 Å². The Bertz CT molecular complexity index is 812. The molecule has 3 rings (SSSR count). The third kappa shape index (κ3) is 5.17. The minimum atomic E-state index is -0.0791. The lowest BCUT2D eigenvalue weighted by Gasteiger charge is -2.44. The molecule has 1 fully saturated rings. The van der Waals surface area contributed by atoms with Crippen molar-refractivity contribution >= 4 is 5.91 Å². The summed E-state index contributed by atoms with van der Waals surface area (Å²) in [5.41, 5.74) is 2.53. The van der Waals surface area contributed by atoms with Gasteiger partial charge >= 0.3 is 0 Å². The van der Waals surface area contributed by atoms with E-state index in [1.54, 1.807) is 7.11 Å². The maximum atomic E-state index is 12.9. The van der Waals surface area contributed by atoms with Crippen LogP contribution in [0.2, 0.25) is 0 Å². The lowest BCUT2D eigenvalue weighted by molar-refractivity contribution is 0.0521. The predicted molar refractivity (Wildman–Crippen MR) is 119 cm³/mol. The highest BCUT2D eigenvalue weighted by Gasteiger charge is 2.30. The van der Waals surface area contributed by atoms with Crippen LogP contribution in [0.3, 0.4) is 0 Å². The molecular formula is C24H33N3O2. The largest absolute Gasteiger partial charge is 0.496 e. The van der Waals surface area contributed by atoms with Gasteiger partial charge in [-0.05, 0) is 44.2 Å². The maximum absolute atomic E-state index is 12.9. The van der Waals surface area contributed by atoms with Crippen LogP contribution < -0.4 is 10.1 Å². The number of carbonyl (C=O) groups excluding carboxylic acids is 1. The van der Waals surface area contributed by atoms with Gasteiger partial charge in [0.15, 0.2) is 0 Å². The molecule has 0 saturated carbocycles. The van der Waals surface area contributed by atoms with Crippen LogP contribution in [0.15, 0.2) is 48.5 Å². The Labute approximate surface area is 174 Å². The molecule has 1 amide bonds. The van der Waals surface area contributed by atoms with E-state index in [-0.39, 0.29) is 11.4 Å². The van der Waals surface area contributed by atoms with Gasteiger partial charge < -0.3 is 15.0 Å². The summed E-state index contributed by atoms with van der Waals surface area (Å²) >= 11 is 0. The number of amides is 1. The minimum Gasteiger partial charge on any atom is -0.496 e. The summed E-state index contributed by atoms with van der Waals surface area (Å²) in [5, 5.41) is 3.14. The van der Waals surface area contributed by atoms with Gasteiger partial charge in [-0.15, -0.1) is 0 Å². The molecule has 0 aliphatic carbocycles. The molecule has 1 heterocycles. The van der Waals surface area contributed by atoms with Gasteiger partial charge in [0, 0.05) is 49.4 Å². The summed E-state index contributed by atoms with van der Waals surface area (Å²) < 4.78 is 5.50. The zero-order valence-electron chi connectivity index (χ0n) is 18.1. The van der Waals surface area contributed by atoms with Crippen molar-refractivity contribution in [2.45, 2.75) is 26.3 Å². The first-order valence-electron chi connectivity index (χ1n) is 10.4. The fourth-order valence-corrected chi connectivity index (χ4v) is 3.87. The minimum absolute atomic E-state index is 0.0508. The smallest absolute Gasteiger partial charge is 0.251 e. The number of nitrogens with one attached hydrogen (secondary N) is 1. The summed E-state index contributed by atoms with van der Waals surface area (Å²) in [6, 6.07) is 15.6. The molecule has 1 aliphatic rings. The van der Waals surface area contributed by atoms with Crippen molar-refractivity contribution in [3.8, 4) is 16.9 Å². The number of methoxy groups -OCH3 is 1. The fraction of sp³-hybridized carbons (Fsp3) is 0.458. The van der Waals surface area contributed by atoms with Crippen molar-refractivity contribution in [2.75, 3.05) is 46.4 Å². The van der Waals surface area contributed by atoms with Crippen molar-refractivity contribution in [1.82, 2.24) is 15.1 Å². The summed E-state index contributed by atoms with van der Waals surface area (Å²) in [7, 11) is 1.66. The molecular weight excluding hydrogens is 362 g/mol. The van der Waals surface area contributed by atoms with Crippen molar-refractivity contribution in [3.05, 3.63) is 54.1 Å². The highest BCUT2D eigenvalue weighted by Crippen LogP contribution is 2.30. The summed E-state index contributed by atoms with van der Waals surface area (Å²) in [5.74, 6) is 0.715. The fourth-order valence-electron chi connectivity index (χ4n) is 3.87. The molecule has 1 N–H and O–H groups in total. The molecule has 5 heteroatoms. The van der Waals surface area contributed by atoms with E-state index in [1.807, 2.05) is 48.5 Å². The Morgan fingerprint density at radius 2 is 1.76 bits per heavy atom.